The lowest BCUT2D eigenvalue weighted by atomic mass is 10.0. The maximum absolute atomic E-state index is 13.7. The Balaban J connectivity index is 1.75. The molecular weight excluding hydrogens is 394 g/mol. The van der Waals surface area contributed by atoms with E-state index in [4.69, 9.17) is 4.74 Å². The average Bonchev–Trinajstić information content (AvgIpc) is 3.16. The van der Waals surface area contributed by atoms with Gasteiger partial charge in [0.05, 0.1) is 19.2 Å². The van der Waals surface area contributed by atoms with Crippen LogP contribution in [0.1, 0.15) is 27.8 Å². The highest BCUT2D eigenvalue weighted by Gasteiger charge is 2.24. The van der Waals surface area contributed by atoms with Crippen LogP contribution in [-0.2, 0) is 11.8 Å². The molecule has 2 N–H and O–H groups in total. The summed E-state index contributed by atoms with van der Waals surface area (Å²) >= 11 is 0. The van der Waals surface area contributed by atoms with Gasteiger partial charge in [0.15, 0.2) is 0 Å². The summed E-state index contributed by atoms with van der Waals surface area (Å²) in [4.78, 5) is 29.0. The van der Waals surface area contributed by atoms with Gasteiger partial charge in [-0.15, -0.1) is 0 Å². The van der Waals surface area contributed by atoms with Crippen molar-refractivity contribution in [3.63, 3.8) is 0 Å². The molecule has 0 unspecified atom stereocenters. The fourth-order valence-corrected chi connectivity index (χ4v) is 2.98. The number of aryl methyl sites for hydroxylation is 1. The smallest absolute Gasteiger partial charge is 0.254 e. The van der Waals surface area contributed by atoms with Crippen LogP contribution in [0.5, 0.6) is 5.75 Å². The van der Waals surface area contributed by atoms with E-state index in [1.165, 1.54) is 7.11 Å². The Morgan fingerprint density at radius 2 is 1.97 bits per heavy atom. The maximum Gasteiger partial charge on any atom is 0.254 e. The first-order valence-electron chi connectivity index (χ1n) is 9.03. The predicted molar refractivity (Wildman–Crippen MR) is 105 cm³/mol. The monoisotopic (exact) mass is 414 g/mol. The van der Waals surface area contributed by atoms with Crippen LogP contribution >= 0.6 is 0 Å². The number of nitrogens with one attached hydrogen (secondary N) is 2. The Bertz CT molecular complexity index is 1070. The van der Waals surface area contributed by atoms with Crippen LogP contribution in [-0.4, -0.2) is 35.0 Å². The van der Waals surface area contributed by atoms with E-state index in [2.05, 4.69) is 15.6 Å². The van der Waals surface area contributed by atoms with Crippen LogP contribution < -0.4 is 15.4 Å². The Hall–Kier alpha value is -3.75. The number of halogens is 2. The molecule has 0 saturated heterocycles. The summed E-state index contributed by atoms with van der Waals surface area (Å²) in [5.74, 6) is -2.03. The zero-order chi connectivity index (χ0) is 21.7. The largest absolute Gasteiger partial charge is 0.496 e. The van der Waals surface area contributed by atoms with Crippen molar-refractivity contribution in [1.82, 2.24) is 20.2 Å². The molecule has 0 saturated carbocycles. The quantitative estimate of drug-likeness (QED) is 0.622. The molecule has 0 aliphatic carbocycles. The van der Waals surface area contributed by atoms with E-state index >= 15 is 0 Å². The van der Waals surface area contributed by atoms with Gasteiger partial charge in [-0.2, -0.15) is 0 Å². The van der Waals surface area contributed by atoms with Gasteiger partial charge >= 0.3 is 0 Å². The van der Waals surface area contributed by atoms with E-state index in [0.29, 0.717) is 23.2 Å². The van der Waals surface area contributed by atoms with Gasteiger partial charge in [0, 0.05) is 31.1 Å². The van der Waals surface area contributed by atoms with Crippen LogP contribution in [0.15, 0.2) is 54.9 Å². The fraction of sp³-hybridized carbons (Fsp3) is 0.190. The second-order valence-electron chi connectivity index (χ2n) is 6.45. The van der Waals surface area contributed by atoms with Crippen LogP contribution in [0.2, 0.25) is 0 Å². The molecule has 156 valence electrons. The van der Waals surface area contributed by atoms with Crippen molar-refractivity contribution in [3.8, 4) is 5.75 Å². The molecule has 2 amide bonds. The molecule has 0 bridgehead atoms. The van der Waals surface area contributed by atoms with Crippen molar-refractivity contribution >= 4 is 11.8 Å². The zero-order valence-electron chi connectivity index (χ0n) is 16.4. The van der Waals surface area contributed by atoms with Crippen molar-refractivity contribution in [2.24, 2.45) is 7.05 Å². The summed E-state index contributed by atoms with van der Waals surface area (Å²) in [6.45, 7) is -0.411. The van der Waals surface area contributed by atoms with Crippen molar-refractivity contribution in [1.29, 1.82) is 0 Å². The van der Waals surface area contributed by atoms with E-state index in [0.717, 1.165) is 12.1 Å². The topological polar surface area (TPSA) is 85.2 Å². The summed E-state index contributed by atoms with van der Waals surface area (Å²) in [5.41, 5.74) is 0.327. The first-order chi connectivity index (χ1) is 14.4. The van der Waals surface area contributed by atoms with E-state index in [-0.39, 0.29) is 5.56 Å². The Kier molecular flexibility index (Phi) is 6.41. The van der Waals surface area contributed by atoms with Gasteiger partial charge in [-0.3, -0.25) is 9.59 Å². The third-order valence-corrected chi connectivity index (χ3v) is 4.46. The molecule has 0 aliphatic heterocycles. The fourth-order valence-electron chi connectivity index (χ4n) is 2.98. The summed E-state index contributed by atoms with van der Waals surface area (Å²) in [6, 6.07) is 9.11. The average molecular weight is 414 g/mol. The van der Waals surface area contributed by atoms with E-state index in [1.807, 2.05) is 0 Å². The number of carbonyl (C=O) groups excluding carboxylic acids is 2. The van der Waals surface area contributed by atoms with Gasteiger partial charge in [0.1, 0.15) is 29.3 Å². The highest BCUT2D eigenvalue weighted by molar-refractivity contribution is 5.96. The van der Waals surface area contributed by atoms with Crippen molar-refractivity contribution in [2.75, 3.05) is 13.7 Å². The number of aromatic nitrogens is 2. The molecule has 7 nitrogen and oxygen atoms in total. The molecule has 1 aromatic heterocycles. The number of imidazole rings is 1. The number of ether oxygens (including phenoxy) is 1. The van der Waals surface area contributed by atoms with Gasteiger partial charge in [-0.25, -0.2) is 13.8 Å². The molecule has 0 fully saturated rings. The summed E-state index contributed by atoms with van der Waals surface area (Å²) < 4.78 is 33.9. The number of rotatable bonds is 7. The number of hydrogen-bond donors (Lipinski definition) is 2. The molecule has 1 heterocycles. The Morgan fingerprint density at radius 3 is 2.63 bits per heavy atom. The van der Waals surface area contributed by atoms with Gasteiger partial charge in [0.2, 0.25) is 5.91 Å². The third kappa shape index (κ3) is 4.62. The first-order valence-corrected chi connectivity index (χ1v) is 9.03. The van der Waals surface area contributed by atoms with E-state index in [9.17, 15) is 18.4 Å². The Labute approximate surface area is 171 Å². The summed E-state index contributed by atoms with van der Waals surface area (Å²) in [6.07, 6.45) is 3.34. The van der Waals surface area contributed by atoms with Crippen molar-refractivity contribution in [2.45, 2.75) is 6.04 Å². The second kappa shape index (κ2) is 9.17. The van der Waals surface area contributed by atoms with Crippen LogP contribution in [0.25, 0.3) is 0 Å². The number of amides is 2. The van der Waals surface area contributed by atoms with Crippen LogP contribution in [0.3, 0.4) is 0 Å². The van der Waals surface area contributed by atoms with Gasteiger partial charge < -0.3 is 19.9 Å². The van der Waals surface area contributed by atoms with E-state index in [1.54, 1.807) is 48.3 Å². The maximum atomic E-state index is 13.7. The molecule has 0 spiro atoms. The highest BCUT2D eigenvalue weighted by Crippen LogP contribution is 2.28. The lowest BCUT2D eigenvalue weighted by Crippen LogP contribution is -2.40. The lowest BCUT2D eigenvalue weighted by Gasteiger charge is -2.21. The minimum atomic E-state index is -1.01. The lowest BCUT2D eigenvalue weighted by molar-refractivity contribution is -0.120. The van der Waals surface area contributed by atoms with Gasteiger partial charge in [0.25, 0.3) is 5.91 Å². The molecule has 2 aromatic carbocycles. The number of carbonyl (C=O) groups is 2. The zero-order valence-corrected chi connectivity index (χ0v) is 16.4. The number of para-hydroxylation sites is 1. The number of methoxy groups -OCH3 is 1. The number of benzene rings is 2. The molecule has 9 heteroatoms. The third-order valence-electron chi connectivity index (χ3n) is 4.46. The SMILES string of the molecule is COc1ccccc1[C@H](NC(=O)CNC(=O)c1ccc(F)cc1F)c1nccn1C. The summed E-state index contributed by atoms with van der Waals surface area (Å²) in [5, 5.41) is 5.14. The van der Waals surface area contributed by atoms with Gasteiger partial charge in [-0.05, 0) is 18.2 Å². The van der Waals surface area contributed by atoms with Crippen molar-refractivity contribution in [3.05, 3.63) is 83.4 Å². The minimum Gasteiger partial charge on any atom is -0.496 e. The molecule has 3 aromatic rings. The number of nitrogens with zero attached hydrogens (tertiary/aromatic N) is 2. The normalized spacial score (nSPS) is 11.6. The first kappa shape index (κ1) is 21.0. The van der Waals surface area contributed by atoms with Crippen LogP contribution in [0, 0.1) is 11.6 Å². The molecular formula is C21H20F2N4O3. The summed E-state index contributed by atoms with van der Waals surface area (Å²) in [7, 11) is 3.31. The highest BCUT2D eigenvalue weighted by atomic mass is 19.1. The van der Waals surface area contributed by atoms with Crippen molar-refractivity contribution < 1.29 is 23.1 Å². The van der Waals surface area contributed by atoms with Gasteiger partial charge in [-0.1, -0.05) is 18.2 Å². The second-order valence-corrected chi connectivity index (χ2v) is 6.45. The molecule has 0 radical (unpaired) electrons. The minimum absolute atomic E-state index is 0.352. The molecule has 0 aliphatic rings. The number of hydrogen-bond acceptors (Lipinski definition) is 4. The van der Waals surface area contributed by atoms with Crippen LogP contribution in [0.4, 0.5) is 8.78 Å². The Morgan fingerprint density at radius 1 is 1.20 bits per heavy atom. The van der Waals surface area contributed by atoms with E-state index < -0.39 is 36.0 Å². The predicted octanol–water partition coefficient (Wildman–Crippen LogP) is 2.34. The molecule has 30 heavy (non-hydrogen) atoms. The molecule has 3 rings (SSSR count). The standard InChI is InChI=1S/C21H20F2N4O3/c1-27-10-9-24-20(27)19(15-5-3-4-6-17(15)30-2)26-18(28)12-25-21(29)14-8-7-13(22)11-16(14)23/h3-11,19H,12H2,1-2H3,(H,25,29)(H,26,28)/t19-/m0/s1. The molecule has 1 atom stereocenters.